The molecule has 0 amide bonds. The second kappa shape index (κ2) is 5.67. The van der Waals surface area contributed by atoms with Crippen molar-refractivity contribution in [2.75, 3.05) is 6.54 Å². The molecule has 0 fully saturated rings. The van der Waals surface area contributed by atoms with E-state index in [1.165, 1.54) is 5.56 Å². The molecule has 4 nitrogen and oxygen atoms in total. The summed E-state index contributed by atoms with van der Waals surface area (Å²) >= 11 is 0. The Kier molecular flexibility index (Phi) is 4.14. The summed E-state index contributed by atoms with van der Waals surface area (Å²) in [6, 6.07) is 3.92. The molecule has 0 atom stereocenters. The third kappa shape index (κ3) is 2.43. The lowest BCUT2D eigenvalue weighted by Gasteiger charge is -2.11. The van der Waals surface area contributed by atoms with Crippen LogP contribution in [0.5, 0.6) is 0 Å². The molecule has 1 aromatic heterocycles. The topological polar surface area (TPSA) is 68.2 Å². The summed E-state index contributed by atoms with van der Waals surface area (Å²) in [4.78, 5) is 11.6. The zero-order valence-corrected chi connectivity index (χ0v) is 12.3. The number of carboxylic acids is 1. The van der Waals surface area contributed by atoms with E-state index in [2.05, 4.69) is 26.8 Å². The first kappa shape index (κ1) is 14.6. The van der Waals surface area contributed by atoms with Gasteiger partial charge in [0.15, 0.2) is 0 Å². The predicted octanol–water partition coefficient (Wildman–Crippen LogP) is 2.98. The number of rotatable bonds is 5. The van der Waals surface area contributed by atoms with Crippen molar-refractivity contribution in [2.24, 2.45) is 5.73 Å². The lowest BCUT2D eigenvalue weighted by Crippen LogP contribution is -2.11. The zero-order chi connectivity index (χ0) is 14.9. The normalized spacial score (nSPS) is 11.4. The van der Waals surface area contributed by atoms with Gasteiger partial charge < -0.3 is 15.4 Å². The smallest absolute Gasteiger partial charge is 0.337 e. The highest BCUT2D eigenvalue weighted by atomic mass is 16.4. The van der Waals surface area contributed by atoms with Gasteiger partial charge in [0, 0.05) is 24.7 Å². The number of carbonyl (C=O) groups is 1. The third-order valence-electron chi connectivity index (χ3n) is 3.73. The van der Waals surface area contributed by atoms with Gasteiger partial charge in [-0.2, -0.15) is 0 Å². The van der Waals surface area contributed by atoms with Crippen molar-refractivity contribution in [3.8, 4) is 0 Å². The Labute approximate surface area is 119 Å². The summed E-state index contributed by atoms with van der Waals surface area (Å²) in [6.45, 7) is 7.38. The molecule has 0 aliphatic carbocycles. The summed E-state index contributed by atoms with van der Waals surface area (Å²) in [7, 11) is 0. The summed E-state index contributed by atoms with van der Waals surface area (Å²) < 4.78 is 1.97. The van der Waals surface area contributed by atoms with Gasteiger partial charge in [0.25, 0.3) is 0 Å². The second-order valence-corrected chi connectivity index (χ2v) is 5.41. The quantitative estimate of drug-likeness (QED) is 0.880. The highest BCUT2D eigenvalue weighted by Crippen LogP contribution is 2.30. The predicted molar refractivity (Wildman–Crippen MR) is 81.4 cm³/mol. The molecular weight excluding hydrogens is 252 g/mol. The van der Waals surface area contributed by atoms with Crippen LogP contribution in [0, 0.1) is 0 Å². The van der Waals surface area contributed by atoms with Crippen molar-refractivity contribution in [1.82, 2.24) is 4.57 Å². The molecule has 2 aromatic rings. The minimum Gasteiger partial charge on any atom is -0.478 e. The maximum atomic E-state index is 11.6. The fourth-order valence-electron chi connectivity index (χ4n) is 2.63. The summed E-state index contributed by atoms with van der Waals surface area (Å²) in [5.74, 6) is -0.573. The first-order chi connectivity index (χ1) is 9.49. The molecule has 2 rings (SSSR count). The van der Waals surface area contributed by atoms with Gasteiger partial charge in [0.2, 0.25) is 0 Å². The summed E-state index contributed by atoms with van der Waals surface area (Å²) in [5, 5.41) is 10.6. The molecule has 0 saturated carbocycles. The summed E-state index contributed by atoms with van der Waals surface area (Å²) in [6.07, 6.45) is 2.92. The van der Waals surface area contributed by atoms with Crippen LogP contribution in [0.25, 0.3) is 10.9 Å². The van der Waals surface area contributed by atoms with E-state index >= 15 is 0 Å². The Bertz CT molecular complexity index is 641. The van der Waals surface area contributed by atoms with E-state index in [4.69, 9.17) is 5.73 Å². The molecule has 0 unspecified atom stereocenters. The van der Waals surface area contributed by atoms with Crippen LogP contribution in [0.1, 0.15) is 48.2 Å². The summed E-state index contributed by atoms with van der Waals surface area (Å²) in [5.41, 5.74) is 9.05. The van der Waals surface area contributed by atoms with Crippen LogP contribution in [0.2, 0.25) is 0 Å². The van der Waals surface area contributed by atoms with E-state index in [1.807, 2.05) is 10.8 Å². The number of benzene rings is 1. The average molecular weight is 274 g/mol. The molecule has 0 radical (unpaired) electrons. The standard InChI is InChI=1S/C16H22N2O2/c1-4-11-9-18(6-5-17)15-13(11)7-12(10(2)3)8-14(15)16(19)20/h7-10H,4-6,17H2,1-3H3,(H,19,20). The monoisotopic (exact) mass is 274 g/mol. The van der Waals surface area contributed by atoms with Crippen LogP contribution in [-0.4, -0.2) is 22.2 Å². The van der Waals surface area contributed by atoms with Crippen LogP contribution in [0.4, 0.5) is 0 Å². The largest absolute Gasteiger partial charge is 0.478 e. The highest BCUT2D eigenvalue weighted by molar-refractivity contribution is 6.04. The number of hydrogen-bond acceptors (Lipinski definition) is 2. The number of aromatic nitrogens is 1. The fraction of sp³-hybridized carbons (Fsp3) is 0.438. The van der Waals surface area contributed by atoms with E-state index in [-0.39, 0.29) is 0 Å². The molecule has 1 heterocycles. The average Bonchev–Trinajstić information content (AvgIpc) is 2.76. The fourth-order valence-corrected chi connectivity index (χ4v) is 2.63. The Balaban J connectivity index is 2.82. The maximum Gasteiger partial charge on any atom is 0.337 e. The van der Waals surface area contributed by atoms with Gasteiger partial charge in [-0.3, -0.25) is 0 Å². The van der Waals surface area contributed by atoms with Gasteiger partial charge in [-0.05, 0) is 35.6 Å². The number of nitrogens with two attached hydrogens (primary N) is 1. The van der Waals surface area contributed by atoms with Crippen LogP contribution in [0.3, 0.4) is 0 Å². The minimum atomic E-state index is -0.878. The van der Waals surface area contributed by atoms with E-state index < -0.39 is 5.97 Å². The van der Waals surface area contributed by atoms with Crippen molar-refractivity contribution < 1.29 is 9.90 Å². The first-order valence-corrected chi connectivity index (χ1v) is 7.08. The van der Waals surface area contributed by atoms with Crippen molar-refractivity contribution in [2.45, 2.75) is 39.7 Å². The number of hydrogen-bond donors (Lipinski definition) is 2. The molecule has 108 valence electrons. The van der Waals surface area contributed by atoms with Crippen LogP contribution in [-0.2, 0) is 13.0 Å². The van der Waals surface area contributed by atoms with Crippen molar-refractivity contribution in [3.63, 3.8) is 0 Å². The Hall–Kier alpha value is -1.81. The van der Waals surface area contributed by atoms with Gasteiger partial charge in [-0.15, -0.1) is 0 Å². The number of carboxylic acid groups (broad SMARTS) is 1. The molecular formula is C16H22N2O2. The molecule has 1 aromatic carbocycles. The van der Waals surface area contributed by atoms with Gasteiger partial charge in [0.1, 0.15) is 0 Å². The number of fused-ring (bicyclic) bond motifs is 1. The lowest BCUT2D eigenvalue weighted by atomic mass is 9.96. The minimum absolute atomic E-state index is 0.306. The van der Waals surface area contributed by atoms with Crippen molar-refractivity contribution >= 4 is 16.9 Å². The number of aromatic carboxylic acids is 1. The van der Waals surface area contributed by atoms with Gasteiger partial charge in [-0.1, -0.05) is 20.8 Å². The van der Waals surface area contributed by atoms with Crippen LogP contribution in [0.15, 0.2) is 18.3 Å². The van der Waals surface area contributed by atoms with Crippen LogP contribution >= 0.6 is 0 Å². The second-order valence-electron chi connectivity index (χ2n) is 5.41. The van der Waals surface area contributed by atoms with E-state index in [9.17, 15) is 9.90 Å². The van der Waals surface area contributed by atoms with Gasteiger partial charge in [0.05, 0.1) is 11.1 Å². The van der Waals surface area contributed by atoms with E-state index in [1.54, 1.807) is 6.07 Å². The Morgan fingerprint density at radius 3 is 2.60 bits per heavy atom. The Morgan fingerprint density at radius 1 is 1.40 bits per heavy atom. The molecule has 20 heavy (non-hydrogen) atoms. The third-order valence-corrected chi connectivity index (χ3v) is 3.73. The maximum absolute atomic E-state index is 11.6. The highest BCUT2D eigenvalue weighted by Gasteiger charge is 2.18. The first-order valence-electron chi connectivity index (χ1n) is 7.08. The zero-order valence-electron chi connectivity index (χ0n) is 12.3. The van der Waals surface area contributed by atoms with E-state index in [0.717, 1.165) is 22.9 Å². The molecule has 4 heteroatoms. The SMILES string of the molecule is CCc1cn(CCN)c2c(C(=O)O)cc(C(C)C)cc12. The molecule has 0 spiro atoms. The van der Waals surface area contributed by atoms with Gasteiger partial charge in [-0.25, -0.2) is 4.79 Å². The lowest BCUT2D eigenvalue weighted by molar-refractivity contribution is 0.0698. The van der Waals surface area contributed by atoms with Gasteiger partial charge >= 0.3 is 5.97 Å². The molecule has 0 saturated heterocycles. The molecule has 0 bridgehead atoms. The molecule has 0 aliphatic rings. The number of aryl methyl sites for hydroxylation is 1. The molecule has 3 N–H and O–H groups in total. The molecule has 0 aliphatic heterocycles. The van der Waals surface area contributed by atoms with Crippen molar-refractivity contribution in [1.29, 1.82) is 0 Å². The van der Waals surface area contributed by atoms with E-state index in [0.29, 0.717) is 24.6 Å². The van der Waals surface area contributed by atoms with Crippen LogP contribution < -0.4 is 5.73 Å². The van der Waals surface area contributed by atoms with Crippen molar-refractivity contribution in [3.05, 3.63) is 35.0 Å². The Morgan fingerprint density at radius 2 is 2.10 bits per heavy atom. The number of nitrogens with zero attached hydrogens (tertiary/aromatic N) is 1.